The van der Waals surface area contributed by atoms with Crippen molar-refractivity contribution in [1.29, 1.82) is 0 Å². The van der Waals surface area contributed by atoms with Gasteiger partial charge in [0.1, 0.15) is 17.9 Å². The van der Waals surface area contributed by atoms with Gasteiger partial charge in [-0.25, -0.2) is 4.79 Å². The van der Waals surface area contributed by atoms with E-state index in [0.717, 1.165) is 0 Å². The minimum absolute atomic E-state index is 0.154. The average molecular weight is 430 g/mol. The highest BCUT2D eigenvalue weighted by Gasteiger charge is 2.21. The number of Topliss-reactive ketones (excluding diaryl/α,β-unsaturated/α-hetero) is 1. The Bertz CT molecular complexity index is 695. The van der Waals surface area contributed by atoms with E-state index in [1.165, 1.54) is 20.8 Å². The van der Waals surface area contributed by atoms with E-state index >= 15 is 0 Å². The van der Waals surface area contributed by atoms with Gasteiger partial charge in [-0.05, 0) is 20.8 Å². The first kappa shape index (κ1) is 26.3. The Balaban J connectivity index is 4.11. The summed E-state index contributed by atoms with van der Waals surface area (Å²) >= 11 is 0. The number of hydrogen-bond donors (Lipinski definition) is 7. The van der Waals surface area contributed by atoms with Gasteiger partial charge in [0.15, 0.2) is 0 Å². The lowest BCUT2D eigenvalue weighted by molar-refractivity contribution is -0.131. The number of carbonyl (C=O) groups is 7. The minimum atomic E-state index is -1.40. The van der Waals surface area contributed by atoms with Crippen molar-refractivity contribution < 1.29 is 38.7 Å². The molecule has 0 aromatic heterocycles. The van der Waals surface area contributed by atoms with Crippen LogP contribution < -0.4 is 31.9 Å². The van der Waals surface area contributed by atoms with Crippen molar-refractivity contribution in [3.63, 3.8) is 0 Å². The fourth-order valence-corrected chi connectivity index (χ4v) is 1.74. The SMILES string of the molecule is CC(=O)CNC(=O)CNC(=O)CNC(=O)CNC(=O)C(C)NC(=O)C(C)NC(=O)O. The third-order valence-electron chi connectivity index (χ3n) is 3.34. The Labute approximate surface area is 171 Å². The van der Waals surface area contributed by atoms with Crippen molar-refractivity contribution in [3.8, 4) is 0 Å². The van der Waals surface area contributed by atoms with E-state index in [0.29, 0.717) is 0 Å². The van der Waals surface area contributed by atoms with Crippen LogP contribution in [-0.4, -0.2) is 84.8 Å². The number of rotatable bonds is 12. The van der Waals surface area contributed by atoms with E-state index in [9.17, 15) is 33.6 Å². The maximum atomic E-state index is 11.9. The van der Waals surface area contributed by atoms with Crippen molar-refractivity contribution >= 4 is 41.4 Å². The highest BCUT2D eigenvalue weighted by Crippen LogP contribution is 1.87. The summed E-state index contributed by atoms with van der Waals surface area (Å²) in [6, 6.07) is -2.12. The number of hydrogen-bond acceptors (Lipinski definition) is 7. The molecule has 0 heterocycles. The third-order valence-corrected chi connectivity index (χ3v) is 3.34. The minimum Gasteiger partial charge on any atom is -0.465 e. The zero-order valence-electron chi connectivity index (χ0n) is 16.8. The van der Waals surface area contributed by atoms with Gasteiger partial charge >= 0.3 is 6.09 Å². The van der Waals surface area contributed by atoms with Crippen LogP contribution in [0.1, 0.15) is 20.8 Å². The highest BCUT2D eigenvalue weighted by molar-refractivity contribution is 5.93. The van der Waals surface area contributed by atoms with Gasteiger partial charge in [0.25, 0.3) is 0 Å². The Morgan fingerprint density at radius 3 is 1.47 bits per heavy atom. The Morgan fingerprint density at radius 1 is 0.633 bits per heavy atom. The molecule has 0 fully saturated rings. The van der Waals surface area contributed by atoms with Crippen LogP contribution in [0.5, 0.6) is 0 Å². The van der Waals surface area contributed by atoms with E-state index in [4.69, 9.17) is 5.11 Å². The smallest absolute Gasteiger partial charge is 0.405 e. The van der Waals surface area contributed by atoms with Crippen molar-refractivity contribution in [2.45, 2.75) is 32.9 Å². The molecule has 0 rings (SSSR count). The van der Waals surface area contributed by atoms with Gasteiger partial charge in [0.05, 0.1) is 26.2 Å². The predicted molar refractivity (Wildman–Crippen MR) is 101 cm³/mol. The molecule has 2 unspecified atom stereocenters. The number of carboxylic acid groups (broad SMARTS) is 1. The van der Waals surface area contributed by atoms with Gasteiger partial charge in [-0.1, -0.05) is 0 Å². The summed E-state index contributed by atoms with van der Waals surface area (Å²) in [6.45, 7) is 2.47. The molecule has 0 spiro atoms. The molecule has 0 saturated carbocycles. The van der Waals surface area contributed by atoms with Crippen LogP contribution in [0.3, 0.4) is 0 Å². The number of nitrogens with one attached hydrogen (secondary N) is 6. The van der Waals surface area contributed by atoms with E-state index < -0.39 is 60.8 Å². The van der Waals surface area contributed by atoms with Crippen molar-refractivity contribution in [2.24, 2.45) is 0 Å². The van der Waals surface area contributed by atoms with Crippen LogP contribution in [0.2, 0.25) is 0 Å². The molecule has 0 aliphatic carbocycles. The number of amides is 6. The normalized spacial score (nSPS) is 11.8. The van der Waals surface area contributed by atoms with Gasteiger partial charge in [-0.2, -0.15) is 0 Å². The first-order valence-electron chi connectivity index (χ1n) is 8.79. The molecule has 2 atom stereocenters. The monoisotopic (exact) mass is 430 g/mol. The Kier molecular flexibility index (Phi) is 11.8. The van der Waals surface area contributed by atoms with Crippen molar-refractivity contribution in [2.75, 3.05) is 26.2 Å². The maximum absolute atomic E-state index is 11.9. The molecule has 0 bridgehead atoms. The second-order valence-electron chi connectivity index (χ2n) is 6.15. The molecule has 0 saturated heterocycles. The quantitative estimate of drug-likeness (QED) is 0.163. The van der Waals surface area contributed by atoms with E-state index in [-0.39, 0.29) is 18.9 Å². The first-order valence-corrected chi connectivity index (χ1v) is 8.79. The largest absolute Gasteiger partial charge is 0.465 e. The average Bonchev–Trinajstić information content (AvgIpc) is 2.66. The van der Waals surface area contributed by atoms with E-state index in [1.807, 2.05) is 5.32 Å². The molecule has 14 nitrogen and oxygen atoms in total. The predicted octanol–water partition coefficient (Wildman–Crippen LogP) is -3.80. The third kappa shape index (κ3) is 12.6. The van der Waals surface area contributed by atoms with Crippen LogP contribution in [0.25, 0.3) is 0 Å². The summed E-state index contributed by atoms with van der Waals surface area (Å²) in [7, 11) is 0. The molecule has 30 heavy (non-hydrogen) atoms. The molecule has 7 N–H and O–H groups in total. The summed E-state index contributed by atoms with van der Waals surface area (Å²) in [5, 5.41) is 21.7. The summed E-state index contributed by atoms with van der Waals surface area (Å²) < 4.78 is 0. The van der Waals surface area contributed by atoms with Crippen LogP contribution in [-0.2, 0) is 28.8 Å². The van der Waals surface area contributed by atoms with E-state index in [2.05, 4.69) is 26.6 Å². The molecule has 168 valence electrons. The Morgan fingerprint density at radius 2 is 1.03 bits per heavy atom. The zero-order valence-corrected chi connectivity index (χ0v) is 16.8. The molecule has 0 aromatic rings. The molecular weight excluding hydrogens is 404 g/mol. The highest BCUT2D eigenvalue weighted by atomic mass is 16.4. The molecule has 0 radical (unpaired) electrons. The van der Waals surface area contributed by atoms with Crippen molar-refractivity contribution in [1.82, 2.24) is 31.9 Å². The van der Waals surface area contributed by atoms with Gasteiger partial charge in [-0.3, -0.25) is 28.8 Å². The molecule has 0 aromatic carbocycles. The first-order chi connectivity index (χ1) is 13.9. The van der Waals surface area contributed by atoms with Crippen LogP contribution >= 0.6 is 0 Å². The molecule has 14 heteroatoms. The maximum Gasteiger partial charge on any atom is 0.405 e. The molecule has 6 amide bonds. The lowest BCUT2D eigenvalue weighted by atomic mass is 10.2. The van der Waals surface area contributed by atoms with Gasteiger partial charge in [0, 0.05) is 0 Å². The van der Waals surface area contributed by atoms with E-state index in [1.54, 1.807) is 0 Å². The van der Waals surface area contributed by atoms with Gasteiger partial charge in [-0.15, -0.1) is 0 Å². The van der Waals surface area contributed by atoms with Crippen LogP contribution in [0, 0.1) is 0 Å². The van der Waals surface area contributed by atoms with Crippen LogP contribution in [0.4, 0.5) is 4.79 Å². The second kappa shape index (κ2) is 13.5. The Hall–Kier alpha value is -3.71. The summed E-state index contributed by atoms with van der Waals surface area (Å²) in [4.78, 5) is 79.3. The fourth-order valence-electron chi connectivity index (χ4n) is 1.74. The number of ketones is 1. The van der Waals surface area contributed by atoms with Crippen molar-refractivity contribution in [3.05, 3.63) is 0 Å². The van der Waals surface area contributed by atoms with Crippen LogP contribution in [0.15, 0.2) is 0 Å². The second-order valence-corrected chi connectivity index (χ2v) is 6.15. The molecular formula is C16H26N6O8. The van der Waals surface area contributed by atoms with Gasteiger partial charge in [0.2, 0.25) is 29.5 Å². The number of carbonyl (C=O) groups excluding carboxylic acids is 6. The summed E-state index contributed by atoms with van der Waals surface area (Å²) in [5.74, 6) is -3.60. The molecule has 0 aliphatic heterocycles. The fraction of sp³-hybridized carbons (Fsp3) is 0.562. The van der Waals surface area contributed by atoms with Gasteiger partial charge < -0.3 is 37.0 Å². The topological polar surface area (TPSA) is 212 Å². The lowest BCUT2D eigenvalue weighted by Crippen LogP contribution is -2.52. The molecule has 0 aliphatic rings. The summed E-state index contributed by atoms with van der Waals surface area (Å²) in [6.07, 6.45) is -1.40. The standard InChI is InChI=1S/C16H26N6O8/c1-8(23)4-17-11(24)5-18-12(25)6-19-13(26)7-20-14(27)9(2)21-15(28)10(3)22-16(29)30/h9-10,22H,4-7H2,1-3H3,(H,17,24)(H,18,25)(H,19,26)(H,20,27)(H,21,28)(H,29,30). The lowest BCUT2D eigenvalue weighted by Gasteiger charge is -2.17. The summed E-state index contributed by atoms with van der Waals surface area (Å²) in [5.41, 5.74) is 0. The zero-order chi connectivity index (χ0) is 23.3.